The zero-order valence-corrected chi connectivity index (χ0v) is 12.1. The first-order chi connectivity index (χ1) is 9.24. The molecule has 1 fully saturated rings. The molecule has 0 aromatic heterocycles. The largest absolute Gasteiger partial charge is 0.336 e. The Morgan fingerprint density at radius 1 is 1.47 bits per heavy atom. The lowest BCUT2D eigenvalue weighted by atomic mass is 10.0. The van der Waals surface area contributed by atoms with Crippen molar-refractivity contribution in [3.8, 4) is 0 Å². The van der Waals surface area contributed by atoms with Crippen LogP contribution in [-0.4, -0.2) is 30.4 Å². The fourth-order valence-electron chi connectivity index (χ4n) is 2.65. The highest BCUT2D eigenvalue weighted by Gasteiger charge is 2.30. The van der Waals surface area contributed by atoms with Crippen LogP contribution in [0.2, 0.25) is 5.02 Å². The van der Waals surface area contributed by atoms with Crippen LogP contribution in [-0.2, 0) is 4.79 Å². The SMILES string of the molecule is CCNCCC(=O)N1CCCC1c1ccccc1Cl. The maximum absolute atomic E-state index is 12.3. The monoisotopic (exact) mass is 280 g/mol. The number of nitrogens with zero attached hydrogens (tertiary/aromatic N) is 1. The first-order valence-corrected chi connectivity index (χ1v) is 7.36. The van der Waals surface area contributed by atoms with Crippen LogP contribution < -0.4 is 5.32 Å². The molecule has 0 aliphatic carbocycles. The molecule has 3 nitrogen and oxygen atoms in total. The number of carbonyl (C=O) groups is 1. The van der Waals surface area contributed by atoms with E-state index in [0.29, 0.717) is 6.42 Å². The van der Waals surface area contributed by atoms with Crippen molar-refractivity contribution in [2.45, 2.75) is 32.2 Å². The molecule has 2 rings (SSSR count). The lowest BCUT2D eigenvalue weighted by Crippen LogP contribution is -2.33. The Kier molecular flexibility index (Phi) is 5.23. The van der Waals surface area contributed by atoms with Gasteiger partial charge < -0.3 is 10.2 Å². The molecule has 1 aromatic carbocycles. The predicted molar refractivity (Wildman–Crippen MR) is 78.3 cm³/mol. The second kappa shape index (κ2) is 6.92. The lowest BCUT2D eigenvalue weighted by Gasteiger charge is -2.26. The predicted octanol–water partition coefficient (Wildman–Crippen LogP) is 3.00. The highest BCUT2D eigenvalue weighted by atomic mass is 35.5. The summed E-state index contributed by atoms with van der Waals surface area (Å²) in [4.78, 5) is 14.2. The van der Waals surface area contributed by atoms with E-state index < -0.39 is 0 Å². The van der Waals surface area contributed by atoms with Crippen molar-refractivity contribution in [3.63, 3.8) is 0 Å². The summed E-state index contributed by atoms with van der Waals surface area (Å²) in [6.07, 6.45) is 2.63. The van der Waals surface area contributed by atoms with Gasteiger partial charge in [0.15, 0.2) is 0 Å². The van der Waals surface area contributed by atoms with Crippen molar-refractivity contribution in [1.82, 2.24) is 10.2 Å². The number of carbonyl (C=O) groups excluding carboxylic acids is 1. The molecule has 0 spiro atoms. The normalized spacial score (nSPS) is 18.8. The van der Waals surface area contributed by atoms with Crippen LogP contribution in [0.15, 0.2) is 24.3 Å². The summed E-state index contributed by atoms with van der Waals surface area (Å²) >= 11 is 6.25. The van der Waals surface area contributed by atoms with Crippen molar-refractivity contribution in [2.24, 2.45) is 0 Å². The van der Waals surface area contributed by atoms with Gasteiger partial charge in [-0.2, -0.15) is 0 Å². The van der Waals surface area contributed by atoms with Crippen LogP contribution in [0.5, 0.6) is 0 Å². The summed E-state index contributed by atoms with van der Waals surface area (Å²) in [7, 11) is 0. The third-order valence-corrected chi connectivity index (χ3v) is 3.95. The number of hydrogen-bond donors (Lipinski definition) is 1. The fourth-order valence-corrected chi connectivity index (χ4v) is 2.91. The minimum atomic E-state index is 0.155. The molecule has 1 aliphatic heterocycles. The average Bonchev–Trinajstić information content (AvgIpc) is 2.88. The average molecular weight is 281 g/mol. The summed E-state index contributed by atoms with van der Waals surface area (Å²) in [5.74, 6) is 0.225. The molecule has 1 saturated heterocycles. The van der Waals surface area contributed by atoms with Crippen LogP contribution in [0.3, 0.4) is 0 Å². The van der Waals surface area contributed by atoms with E-state index in [1.807, 2.05) is 36.1 Å². The van der Waals surface area contributed by atoms with Crippen molar-refractivity contribution in [3.05, 3.63) is 34.9 Å². The molecule has 1 aromatic rings. The zero-order chi connectivity index (χ0) is 13.7. The van der Waals surface area contributed by atoms with Crippen molar-refractivity contribution >= 4 is 17.5 Å². The second-order valence-corrected chi connectivity index (χ2v) is 5.28. The van der Waals surface area contributed by atoms with Crippen LogP contribution in [0.1, 0.15) is 37.8 Å². The number of hydrogen-bond acceptors (Lipinski definition) is 2. The first kappa shape index (κ1) is 14.4. The minimum Gasteiger partial charge on any atom is -0.336 e. The van der Waals surface area contributed by atoms with E-state index in [9.17, 15) is 4.79 Å². The summed E-state index contributed by atoms with van der Waals surface area (Å²) in [5, 5.41) is 3.96. The summed E-state index contributed by atoms with van der Waals surface area (Å²) in [5.41, 5.74) is 1.08. The van der Waals surface area contributed by atoms with Gasteiger partial charge in [0.1, 0.15) is 0 Å². The van der Waals surface area contributed by atoms with Gasteiger partial charge in [0.2, 0.25) is 5.91 Å². The second-order valence-electron chi connectivity index (χ2n) is 4.87. The van der Waals surface area contributed by atoms with Crippen LogP contribution >= 0.6 is 11.6 Å². The van der Waals surface area contributed by atoms with Crippen molar-refractivity contribution in [2.75, 3.05) is 19.6 Å². The molecule has 1 aliphatic rings. The standard InChI is InChI=1S/C15H21ClN2O/c1-2-17-10-9-15(19)18-11-5-8-14(18)12-6-3-4-7-13(12)16/h3-4,6-7,14,17H,2,5,8-11H2,1H3. The molecule has 1 amide bonds. The van der Waals surface area contributed by atoms with E-state index >= 15 is 0 Å². The highest BCUT2D eigenvalue weighted by Crippen LogP contribution is 2.35. The Hall–Kier alpha value is -1.06. The van der Waals surface area contributed by atoms with Gasteiger partial charge in [0.05, 0.1) is 6.04 Å². The third-order valence-electron chi connectivity index (χ3n) is 3.60. The van der Waals surface area contributed by atoms with Crippen molar-refractivity contribution < 1.29 is 4.79 Å². The van der Waals surface area contributed by atoms with E-state index in [2.05, 4.69) is 5.32 Å². The minimum absolute atomic E-state index is 0.155. The maximum atomic E-state index is 12.3. The zero-order valence-electron chi connectivity index (χ0n) is 11.4. The number of amides is 1. The molecule has 1 N–H and O–H groups in total. The number of halogens is 1. The topological polar surface area (TPSA) is 32.3 Å². The van der Waals surface area contributed by atoms with E-state index in [0.717, 1.165) is 43.1 Å². The Balaban J connectivity index is 2.05. The van der Waals surface area contributed by atoms with Gasteiger partial charge in [-0.15, -0.1) is 0 Å². The molecule has 0 saturated carbocycles. The molecule has 1 unspecified atom stereocenters. The van der Waals surface area contributed by atoms with Gasteiger partial charge >= 0.3 is 0 Å². The number of likely N-dealkylation sites (tertiary alicyclic amines) is 1. The molecular weight excluding hydrogens is 260 g/mol. The number of rotatable bonds is 5. The van der Waals surface area contributed by atoms with E-state index in [4.69, 9.17) is 11.6 Å². The molecule has 0 bridgehead atoms. The Bertz CT molecular complexity index is 436. The maximum Gasteiger partial charge on any atom is 0.224 e. The summed E-state index contributed by atoms with van der Waals surface area (Å²) in [6, 6.07) is 8.00. The quantitative estimate of drug-likeness (QED) is 0.841. The van der Waals surface area contributed by atoms with Crippen LogP contribution in [0, 0.1) is 0 Å². The summed E-state index contributed by atoms with van der Waals surface area (Å²) < 4.78 is 0. The molecule has 0 radical (unpaired) electrons. The molecule has 19 heavy (non-hydrogen) atoms. The number of nitrogens with one attached hydrogen (secondary N) is 1. The van der Waals surface area contributed by atoms with Gasteiger partial charge in [0.25, 0.3) is 0 Å². The smallest absolute Gasteiger partial charge is 0.224 e. The van der Waals surface area contributed by atoms with Crippen LogP contribution in [0.25, 0.3) is 0 Å². The Labute approximate surface area is 119 Å². The lowest BCUT2D eigenvalue weighted by molar-refractivity contribution is -0.132. The van der Waals surface area contributed by atoms with Gasteiger partial charge in [-0.25, -0.2) is 0 Å². The fraction of sp³-hybridized carbons (Fsp3) is 0.533. The molecular formula is C15H21ClN2O. The Morgan fingerprint density at radius 2 is 2.26 bits per heavy atom. The van der Waals surface area contributed by atoms with Gasteiger partial charge in [-0.3, -0.25) is 4.79 Å². The van der Waals surface area contributed by atoms with E-state index in [1.54, 1.807) is 0 Å². The van der Waals surface area contributed by atoms with Gasteiger partial charge in [0, 0.05) is 24.5 Å². The van der Waals surface area contributed by atoms with E-state index in [1.165, 1.54) is 0 Å². The molecule has 1 heterocycles. The number of benzene rings is 1. The van der Waals surface area contributed by atoms with Crippen molar-refractivity contribution in [1.29, 1.82) is 0 Å². The highest BCUT2D eigenvalue weighted by molar-refractivity contribution is 6.31. The molecule has 1 atom stereocenters. The molecule has 4 heteroatoms. The third kappa shape index (κ3) is 3.48. The Morgan fingerprint density at radius 3 is 3.00 bits per heavy atom. The first-order valence-electron chi connectivity index (χ1n) is 6.98. The summed E-state index contributed by atoms with van der Waals surface area (Å²) in [6.45, 7) is 4.55. The van der Waals surface area contributed by atoms with Gasteiger partial charge in [-0.05, 0) is 31.0 Å². The van der Waals surface area contributed by atoms with Gasteiger partial charge in [-0.1, -0.05) is 36.7 Å². The van der Waals surface area contributed by atoms with Crippen LogP contribution in [0.4, 0.5) is 0 Å². The van der Waals surface area contributed by atoms with E-state index in [-0.39, 0.29) is 11.9 Å². The molecule has 104 valence electrons.